The molecule has 0 fully saturated rings. The molecule has 0 unspecified atom stereocenters. The Labute approximate surface area is 123 Å². The van der Waals surface area contributed by atoms with Crippen LogP contribution in [0.25, 0.3) is 16.7 Å². The Morgan fingerprint density at radius 1 is 1.10 bits per heavy atom. The summed E-state index contributed by atoms with van der Waals surface area (Å²) in [4.78, 5) is 4.31. The number of imidazole rings is 1. The van der Waals surface area contributed by atoms with Gasteiger partial charge in [-0.15, -0.1) is 11.6 Å². The highest BCUT2D eigenvalue weighted by Crippen LogP contribution is 2.28. The van der Waals surface area contributed by atoms with Crippen molar-refractivity contribution in [1.82, 2.24) is 9.55 Å². The van der Waals surface area contributed by atoms with Crippen molar-refractivity contribution in [3.8, 4) is 5.69 Å². The minimum atomic E-state index is -1.51. The minimum Gasteiger partial charge on any atom is -0.292 e. The summed E-state index contributed by atoms with van der Waals surface area (Å²) in [5, 5.41) is 0. The number of para-hydroxylation sites is 1. The Bertz CT molecular complexity index is 843. The summed E-state index contributed by atoms with van der Waals surface area (Å²) in [5.41, 5.74) is 1.97. The van der Waals surface area contributed by atoms with E-state index in [2.05, 4.69) is 4.98 Å². The quantitative estimate of drug-likeness (QED) is 0.504. The van der Waals surface area contributed by atoms with Gasteiger partial charge in [0.1, 0.15) is 5.82 Å². The first-order valence-electron chi connectivity index (χ1n) is 6.21. The van der Waals surface area contributed by atoms with Gasteiger partial charge in [-0.25, -0.2) is 18.2 Å². The lowest BCUT2D eigenvalue weighted by molar-refractivity contribution is 0.444. The van der Waals surface area contributed by atoms with Gasteiger partial charge in [0.2, 0.25) is 0 Å². The molecule has 2 nitrogen and oxygen atoms in total. The average molecular weight is 311 g/mol. The zero-order valence-corrected chi connectivity index (χ0v) is 11.8. The third-order valence-electron chi connectivity index (χ3n) is 3.32. The molecule has 0 aliphatic carbocycles. The van der Waals surface area contributed by atoms with Gasteiger partial charge in [-0.1, -0.05) is 12.1 Å². The molecular formula is C15H10ClF3N2. The molecule has 21 heavy (non-hydrogen) atoms. The van der Waals surface area contributed by atoms with Crippen LogP contribution in [0.3, 0.4) is 0 Å². The van der Waals surface area contributed by atoms with Gasteiger partial charge in [0.15, 0.2) is 17.5 Å². The lowest BCUT2D eigenvalue weighted by Crippen LogP contribution is -2.05. The zero-order valence-electron chi connectivity index (χ0n) is 11.0. The van der Waals surface area contributed by atoms with E-state index in [9.17, 15) is 13.2 Å². The smallest absolute Gasteiger partial charge is 0.196 e. The number of hydrogen-bond acceptors (Lipinski definition) is 1. The Hall–Kier alpha value is -2.01. The normalized spacial score (nSPS) is 11.3. The molecule has 1 aromatic heterocycles. The Balaban J connectivity index is 2.42. The van der Waals surface area contributed by atoms with Gasteiger partial charge in [-0.2, -0.15) is 0 Å². The molecular weight excluding hydrogens is 301 g/mol. The fourth-order valence-corrected chi connectivity index (χ4v) is 2.56. The van der Waals surface area contributed by atoms with E-state index >= 15 is 0 Å². The largest absolute Gasteiger partial charge is 0.292 e. The van der Waals surface area contributed by atoms with Gasteiger partial charge in [0.25, 0.3) is 0 Å². The van der Waals surface area contributed by atoms with Crippen molar-refractivity contribution in [3.05, 3.63) is 59.2 Å². The Morgan fingerprint density at radius 2 is 1.86 bits per heavy atom. The van der Waals surface area contributed by atoms with Crippen LogP contribution >= 0.6 is 11.6 Å². The van der Waals surface area contributed by atoms with Gasteiger partial charge in [-0.3, -0.25) is 4.57 Å². The van der Waals surface area contributed by atoms with Crippen molar-refractivity contribution in [3.63, 3.8) is 0 Å². The molecule has 108 valence electrons. The summed E-state index contributed by atoms with van der Waals surface area (Å²) in [6.07, 6.45) is 0. The number of aryl methyl sites for hydroxylation is 1. The van der Waals surface area contributed by atoms with E-state index < -0.39 is 17.5 Å². The van der Waals surface area contributed by atoms with Gasteiger partial charge in [0.05, 0.1) is 22.6 Å². The van der Waals surface area contributed by atoms with Crippen LogP contribution < -0.4 is 0 Å². The highest BCUT2D eigenvalue weighted by Gasteiger charge is 2.20. The lowest BCUT2D eigenvalue weighted by atomic mass is 10.2. The fraction of sp³-hybridized carbons (Fsp3) is 0.133. The van der Waals surface area contributed by atoms with E-state index in [1.165, 1.54) is 10.6 Å². The number of nitrogens with zero attached hydrogens (tertiary/aromatic N) is 2. The van der Waals surface area contributed by atoms with Gasteiger partial charge >= 0.3 is 0 Å². The molecule has 6 heteroatoms. The fourth-order valence-electron chi connectivity index (χ4n) is 2.38. The first-order chi connectivity index (χ1) is 10.0. The second-order valence-corrected chi connectivity index (χ2v) is 4.90. The molecule has 0 N–H and O–H groups in total. The highest BCUT2D eigenvalue weighted by molar-refractivity contribution is 6.17. The lowest BCUT2D eigenvalue weighted by Gasteiger charge is -2.11. The topological polar surface area (TPSA) is 17.8 Å². The minimum absolute atomic E-state index is 0.0204. The highest BCUT2D eigenvalue weighted by atomic mass is 35.5. The third-order valence-corrected chi connectivity index (χ3v) is 3.56. The van der Waals surface area contributed by atoms with E-state index in [1.54, 1.807) is 6.07 Å². The molecule has 0 amide bonds. The molecule has 2 aromatic carbocycles. The number of rotatable bonds is 2. The summed E-state index contributed by atoms with van der Waals surface area (Å²) in [5.74, 6) is -3.62. The van der Waals surface area contributed by atoms with E-state index in [0.29, 0.717) is 16.9 Å². The van der Waals surface area contributed by atoms with Crippen LogP contribution in [-0.4, -0.2) is 9.55 Å². The molecule has 3 rings (SSSR count). The van der Waals surface area contributed by atoms with E-state index in [1.807, 2.05) is 19.1 Å². The van der Waals surface area contributed by atoms with E-state index in [4.69, 9.17) is 11.6 Å². The molecule has 0 radical (unpaired) electrons. The maximum atomic E-state index is 14.1. The van der Waals surface area contributed by atoms with Crippen LogP contribution in [0.4, 0.5) is 13.2 Å². The summed E-state index contributed by atoms with van der Waals surface area (Å²) in [6.45, 7) is 1.83. The monoisotopic (exact) mass is 310 g/mol. The molecule has 0 spiro atoms. The molecule has 0 bridgehead atoms. The molecule has 0 saturated heterocycles. The summed E-state index contributed by atoms with van der Waals surface area (Å²) in [7, 11) is 0. The van der Waals surface area contributed by atoms with Crippen LogP contribution in [0.2, 0.25) is 0 Å². The first kappa shape index (κ1) is 13.9. The number of benzene rings is 2. The van der Waals surface area contributed by atoms with Crippen molar-refractivity contribution in [2.45, 2.75) is 12.8 Å². The summed E-state index contributed by atoms with van der Waals surface area (Å²) in [6, 6.07) is 7.46. The second kappa shape index (κ2) is 5.07. The number of fused-ring (bicyclic) bond motifs is 1. The van der Waals surface area contributed by atoms with Crippen molar-refractivity contribution >= 4 is 22.6 Å². The van der Waals surface area contributed by atoms with Gasteiger partial charge in [0, 0.05) is 0 Å². The number of hydrogen-bond donors (Lipinski definition) is 0. The van der Waals surface area contributed by atoms with Crippen LogP contribution in [0.5, 0.6) is 0 Å². The molecule has 0 aliphatic heterocycles. The second-order valence-electron chi connectivity index (χ2n) is 4.63. The van der Waals surface area contributed by atoms with Crippen LogP contribution in [0.1, 0.15) is 11.4 Å². The predicted molar refractivity (Wildman–Crippen MR) is 75.2 cm³/mol. The summed E-state index contributed by atoms with van der Waals surface area (Å²) >= 11 is 5.86. The van der Waals surface area contributed by atoms with Crippen molar-refractivity contribution in [1.29, 1.82) is 0 Å². The van der Waals surface area contributed by atoms with Crippen molar-refractivity contribution < 1.29 is 13.2 Å². The summed E-state index contributed by atoms with van der Waals surface area (Å²) < 4.78 is 42.1. The third kappa shape index (κ3) is 2.08. The standard InChI is InChI=1S/C15H10ClF3N2/c1-8-3-2-4-10-15(8)21(12(7-16)20-10)11-6-5-9(17)13(18)14(11)19/h2-6H,7H2,1H3. The predicted octanol–water partition coefficient (Wildman–Crippen LogP) is 4.49. The zero-order chi connectivity index (χ0) is 15.1. The molecule has 3 aromatic rings. The number of alkyl halides is 1. The van der Waals surface area contributed by atoms with Crippen molar-refractivity contribution in [2.24, 2.45) is 0 Å². The Kier molecular flexibility index (Phi) is 3.37. The maximum Gasteiger partial charge on any atom is 0.196 e. The Morgan fingerprint density at radius 3 is 2.57 bits per heavy atom. The molecule has 0 saturated carbocycles. The van der Waals surface area contributed by atoms with E-state index in [0.717, 1.165) is 11.6 Å². The van der Waals surface area contributed by atoms with Gasteiger partial charge < -0.3 is 0 Å². The van der Waals surface area contributed by atoms with Crippen LogP contribution in [0, 0.1) is 24.4 Å². The van der Waals surface area contributed by atoms with Crippen LogP contribution in [0.15, 0.2) is 30.3 Å². The van der Waals surface area contributed by atoms with E-state index in [-0.39, 0.29) is 11.6 Å². The maximum absolute atomic E-state index is 14.1. The van der Waals surface area contributed by atoms with Crippen molar-refractivity contribution in [2.75, 3.05) is 0 Å². The average Bonchev–Trinajstić information content (AvgIpc) is 2.85. The van der Waals surface area contributed by atoms with Gasteiger partial charge in [-0.05, 0) is 30.7 Å². The first-order valence-corrected chi connectivity index (χ1v) is 6.75. The number of halogens is 4. The van der Waals surface area contributed by atoms with Crippen LogP contribution in [-0.2, 0) is 5.88 Å². The number of aromatic nitrogens is 2. The molecule has 1 heterocycles. The molecule has 0 atom stereocenters. The SMILES string of the molecule is Cc1cccc2nc(CCl)n(-c3ccc(F)c(F)c3F)c12. The molecule has 0 aliphatic rings.